The molecule has 10 nitrogen and oxygen atoms in total. The van der Waals surface area contributed by atoms with Crippen LogP contribution in [0.25, 0.3) is 0 Å². The van der Waals surface area contributed by atoms with Crippen LogP contribution in [0.1, 0.15) is 25.3 Å². The number of amidine groups is 1. The Morgan fingerprint density at radius 1 is 1.14 bits per heavy atom. The molecule has 2 aromatic carbocycles. The topological polar surface area (TPSA) is 125 Å². The van der Waals surface area contributed by atoms with Gasteiger partial charge in [0.2, 0.25) is 5.91 Å². The first-order chi connectivity index (χ1) is 16.7. The third-order valence-corrected chi connectivity index (χ3v) is 7.67. The van der Waals surface area contributed by atoms with Gasteiger partial charge in [-0.3, -0.25) is 19.3 Å². The molecule has 3 heterocycles. The maximum Gasteiger partial charge on any atom is 0.311 e. The van der Waals surface area contributed by atoms with Crippen LogP contribution in [0.4, 0.5) is 11.4 Å². The Morgan fingerprint density at radius 3 is 2.71 bits per heavy atom. The number of piperidine rings is 1. The first kappa shape index (κ1) is 23.0. The van der Waals surface area contributed by atoms with E-state index >= 15 is 0 Å². The van der Waals surface area contributed by atoms with Gasteiger partial charge in [0.05, 0.1) is 17.3 Å². The van der Waals surface area contributed by atoms with E-state index in [2.05, 4.69) is 9.71 Å². The molecule has 1 saturated heterocycles. The number of ether oxygens (including phenoxy) is 1. The zero-order valence-corrected chi connectivity index (χ0v) is 19.8. The van der Waals surface area contributed by atoms with E-state index in [0.717, 1.165) is 0 Å². The van der Waals surface area contributed by atoms with Gasteiger partial charge in [0.1, 0.15) is 11.4 Å². The second kappa shape index (κ2) is 8.81. The highest BCUT2D eigenvalue weighted by molar-refractivity contribution is 7.90. The summed E-state index contributed by atoms with van der Waals surface area (Å²) in [5.74, 6) is -1.58. The highest BCUT2D eigenvalue weighted by atomic mass is 32.2. The minimum absolute atomic E-state index is 0.157. The molecule has 0 saturated carbocycles. The van der Waals surface area contributed by atoms with Crippen LogP contribution in [0.2, 0.25) is 0 Å². The Morgan fingerprint density at radius 2 is 1.89 bits per heavy atom. The molecule has 0 aromatic heterocycles. The predicted octanol–water partition coefficient (Wildman–Crippen LogP) is 1.76. The Hall–Kier alpha value is -3.73. The number of likely N-dealkylation sites (tertiary alicyclic amines) is 1. The second-order valence-corrected chi connectivity index (χ2v) is 10.3. The normalized spacial score (nSPS) is 21.3. The van der Waals surface area contributed by atoms with E-state index in [0.29, 0.717) is 42.2 Å². The average Bonchev–Trinajstić information content (AvgIpc) is 3.14. The maximum absolute atomic E-state index is 13.1. The van der Waals surface area contributed by atoms with Crippen LogP contribution in [0.3, 0.4) is 0 Å². The zero-order valence-electron chi connectivity index (χ0n) is 19.0. The lowest BCUT2D eigenvalue weighted by molar-refractivity contribution is -0.159. The third-order valence-electron chi connectivity index (χ3n) is 6.34. The van der Waals surface area contributed by atoms with Gasteiger partial charge < -0.3 is 15.0 Å². The molecule has 0 radical (unpaired) electrons. The van der Waals surface area contributed by atoms with Gasteiger partial charge in [-0.2, -0.15) is 8.42 Å². The number of para-hydroxylation sites is 2. The van der Waals surface area contributed by atoms with Crippen molar-refractivity contribution in [2.24, 2.45) is 10.3 Å². The van der Waals surface area contributed by atoms with Crippen molar-refractivity contribution < 1.29 is 27.5 Å². The van der Waals surface area contributed by atoms with Crippen molar-refractivity contribution in [2.45, 2.75) is 30.8 Å². The van der Waals surface area contributed by atoms with Crippen molar-refractivity contribution in [1.82, 2.24) is 4.90 Å². The number of esters is 1. The minimum atomic E-state index is -3.77. The molecular formula is C24H24N4O6S. The second-order valence-electron chi connectivity index (χ2n) is 8.74. The fourth-order valence-electron chi connectivity index (χ4n) is 4.65. The minimum Gasteiger partial charge on any atom is -0.452 e. The first-order valence-electron chi connectivity index (χ1n) is 11.3. The summed E-state index contributed by atoms with van der Waals surface area (Å²) in [5, 5.41) is 2.72. The summed E-state index contributed by atoms with van der Waals surface area (Å²) in [7, 11) is -3.77. The largest absolute Gasteiger partial charge is 0.452 e. The maximum atomic E-state index is 13.1. The highest BCUT2D eigenvalue weighted by Crippen LogP contribution is 2.31. The van der Waals surface area contributed by atoms with E-state index in [1.807, 2.05) is 0 Å². The number of hydrogen-bond acceptors (Lipinski definition) is 7. The highest BCUT2D eigenvalue weighted by Gasteiger charge is 2.37. The monoisotopic (exact) mass is 496 g/mol. The predicted molar refractivity (Wildman–Crippen MR) is 127 cm³/mol. The zero-order chi connectivity index (χ0) is 24.7. The summed E-state index contributed by atoms with van der Waals surface area (Å²) in [6.07, 6.45) is 0.0948. The standard InChI is InChI=1S/C24H24N4O6S/c1-15(23(30)28-14-21(29)25-18-9-3-4-10-19(18)28)34-24(31)16-7-6-12-27(13-16)22-17-8-2-5-11-20(17)35(32,33)26-22/h2-5,8-11,15-16H,6-7,12-14H2,1H3,(H,25,29)/t15-,16+/m1/s1. The van der Waals surface area contributed by atoms with E-state index in [1.54, 1.807) is 47.4 Å². The summed E-state index contributed by atoms with van der Waals surface area (Å²) in [4.78, 5) is 41.4. The van der Waals surface area contributed by atoms with Crippen LogP contribution < -0.4 is 10.2 Å². The summed E-state index contributed by atoms with van der Waals surface area (Å²) < 4.78 is 34.3. The summed E-state index contributed by atoms with van der Waals surface area (Å²) in [5.41, 5.74) is 1.58. The van der Waals surface area contributed by atoms with E-state index in [-0.39, 0.29) is 23.9 Å². The Balaban J connectivity index is 1.28. The molecule has 2 atom stereocenters. The number of amides is 2. The van der Waals surface area contributed by atoms with E-state index in [9.17, 15) is 22.8 Å². The number of hydrogen-bond donors (Lipinski definition) is 1. The lowest BCUT2D eigenvalue weighted by Gasteiger charge is -2.34. The first-order valence-corrected chi connectivity index (χ1v) is 12.8. The third kappa shape index (κ3) is 4.27. The van der Waals surface area contributed by atoms with Crippen molar-refractivity contribution in [3.8, 4) is 0 Å². The van der Waals surface area contributed by atoms with E-state index in [4.69, 9.17) is 4.74 Å². The Labute approximate surface area is 202 Å². The number of rotatable bonds is 3. The Kier molecular flexibility index (Phi) is 5.79. The molecule has 11 heteroatoms. The van der Waals surface area contributed by atoms with Crippen LogP contribution in [-0.2, 0) is 29.1 Å². The summed E-state index contributed by atoms with van der Waals surface area (Å²) >= 11 is 0. The molecule has 0 aliphatic carbocycles. The number of sulfonamides is 1. The SMILES string of the molecule is C[C@@H](OC(=O)[C@H]1CCCN(C2=NS(=O)(=O)c3ccccc32)C1)C(=O)N1CC(=O)Nc2ccccc21. The van der Waals surface area contributed by atoms with Gasteiger partial charge in [0, 0.05) is 18.7 Å². The van der Waals surface area contributed by atoms with Gasteiger partial charge in [0.25, 0.3) is 15.9 Å². The van der Waals surface area contributed by atoms with Crippen molar-refractivity contribution in [3.05, 3.63) is 54.1 Å². The quantitative estimate of drug-likeness (QED) is 0.642. The number of fused-ring (bicyclic) bond motifs is 2. The molecule has 5 rings (SSSR count). The van der Waals surface area contributed by atoms with Crippen LogP contribution in [-0.4, -0.2) is 62.7 Å². The molecule has 0 spiro atoms. The lowest BCUT2D eigenvalue weighted by atomic mass is 9.97. The van der Waals surface area contributed by atoms with Gasteiger partial charge in [-0.05, 0) is 44.0 Å². The molecule has 1 fully saturated rings. The summed E-state index contributed by atoms with van der Waals surface area (Å²) in [6, 6.07) is 13.5. The summed E-state index contributed by atoms with van der Waals surface area (Å²) in [6.45, 7) is 2.11. The number of nitrogens with zero attached hydrogens (tertiary/aromatic N) is 3. The lowest BCUT2D eigenvalue weighted by Crippen LogP contribution is -2.48. The number of carbonyl (C=O) groups excluding carboxylic acids is 3. The molecule has 182 valence electrons. The van der Waals surface area contributed by atoms with Crippen molar-refractivity contribution >= 4 is 45.0 Å². The number of carbonyl (C=O) groups is 3. The van der Waals surface area contributed by atoms with E-state index in [1.165, 1.54) is 17.9 Å². The smallest absolute Gasteiger partial charge is 0.311 e. The molecule has 3 aliphatic rings. The fraction of sp³-hybridized carbons (Fsp3) is 0.333. The van der Waals surface area contributed by atoms with Crippen LogP contribution in [0.15, 0.2) is 57.8 Å². The van der Waals surface area contributed by atoms with Crippen molar-refractivity contribution in [3.63, 3.8) is 0 Å². The van der Waals surface area contributed by atoms with Gasteiger partial charge in [-0.25, -0.2) is 0 Å². The molecule has 0 bridgehead atoms. The molecule has 35 heavy (non-hydrogen) atoms. The van der Waals surface area contributed by atoms with Crippen LogP contribution in [0.5, 0.6) is 0 Å². The van der Waals surface area contributed by atoms with Crippen LogP contribution >= 0.6 is 0 Å². The van der Waals surface area contributed by atoms with Crippen LogP contribution in [0, 0.1) is 5.92 Å². The van der Waals surface area contributed by atoms with Gasteiger partial charge >= 0.3 is 5.97 Å². The molecule has 2 amide bonds. The van der Waals surface area contributed by atoms with Gasteiger partial charge in [0.15, 0.2) is 11.9 Å². The van der Waals surface area contributed by atoms with Crippen molar-refractivity contribution in [1.29, 1.82) is 0 Å². The van der Waals surface area contributed by atoms with Gasteiger partial charge in [-0.1, -0.05) is 24.3 Å². The number of anilines is 2. The fourth-order valence-corrected chi connectivity index (χ4v) is 5.88. The molecule has 1 N–H and O–H groups in total. The number of benzene rings is 2. The van der Waals surface area contributed by atoms with Gasteiger partial charge in [-0.15, -0.1) is 4.40 Å². The van der Waals surface area contributed by atoms with E-state index < -0.39 is 33.9 Å². The molecular weight excluding hydrogens is 472 g/mol. The molecule has 0 unspecified atom stereocenters. The molecule has 3 aliphatic heterocycles. The number of nitrogens with one attached hydrogen (secondary N) is 1. The Bertz CT molecular complexity index is 1360. The average molecular weight is 497 g/mol. The molecule has 2 aromatic rings. The van der Waals surface area contributed by atoms with Crippen molar-refractivity contribution in [2.75, 3.05) is 29.9 Å².